The standard InChI is InChI=1S/C11H12BrN5OS/c1-2-5-14-11-17-16-10(19-11)9(18)15-8-7(12)4-3-6-13-8/h3-4,6H,2,5H2,1H3,(H,14,17)(H,13,15,18). The Morgan fingerprint density at radius 2 is 2.32 bits per heavy atom. The van der Waals surface area contributed by atoms with Gasteiger partial charge in [0.2, 0.25) is 10.1 Å². The van der Waals surface area contributed by atoms with Crippen LogP contribution in [0, 0.1) is 0 Å². The number of hydrogen-bond acceptors (Lipinski definition) is 6. The number of carbonyl (C=O) groups is 1. The van der Waals surface area contributed by atoms with Crippen LogP contribution in [0.25, 0.3) is 0 Å². The molecule has 2 aromatic rings. The van der Waals surface area contributed by atoms with Crippen LogP contribution in [0.2, 0.25) is 0 Å². The number of halogens is 1. The molecule has 0 saturated carbocycles. The molecule has 0 atom stereocenters. The summed E-state index contributed by atoms with van der Waals surface area (Å²) in [5.41, 5.74) is 0. The maximum absolute atomic E-state index is 12.0. The van der Waals surface area contributed by atoms with Crippen molar-refractivity contribution in [2.24, 2.45) is 0 Å². The Kier molecular flexibility index (Phi) is 4.80. The van der Waals surface area contributed by atoms with Crippen LogP contribution in [0.15, 0.2) is 22.8 Å². The number of anilines is 2. The number of nitrogens with one attached hydrogen (secondary N) is 2. The molecule has 2 heterocycles. The van der Waals surface area contributed by atoms with Crippen molar-refractivity contribution in [3.8, 4) is 0 Å². The predicted molar refractivity (Wildman–Crippen MR) is 78.6 cm³/mol. The monoisotopic (exact) mass is 341 g/mol. The minimum absolute atomic E-state index is 0.302. The van der Waals surface area contributed by atoms with Crippen LogP contribution in [0.4, 0.5) is 10.9 Å². The first-order valence-electron chi connectivity index (χ1n) is 5.70. The summed E-state index contributed by atoms with van der Waals surface area (Å²) in [6, 6.07) is 3.58. The lowest BCUT2D eigenvalue weighted by molar-refractivity contribution is 0.102. The van der Waals surface area contributed by atoms with Gasteiger partial charge in [-0.15, -0.1) is 10.2 Å². The molecule has 100 valence electrons. The second-order valence-electron chi connectivity index (χ2n) is 3.63. The molecule has 19 heavy (non-hydrogen) atoms. The van der Waals surface area contributed by atoms with E-state index in [9.17, 15) is 4.79 Å². The van der Waals surface area contributed by atoms with E-state index in [1.807, 2.05) is 0 Å². The molecule has 2 rings (SSSR count). The van der Waals surface area contributed by atoms with E-state index in [-0.39, 0.29) is 5.91 Å². The molecule has 0 fully saturated rings. The predicted octanol–water partition coefficient (Wildman–Crippen LogP) is 2.77. The van der Waals surface area contributed by atoms with Crippen molar-refractivity contribution in [3.63, 3.8) is 0 Å². The van der Waals surface area contributed by atoms with E-state index in [0.29, 0.717) is 16.0 Å². The minimum Gasteiger partial charge on any atom is -0.360 e. The number of nitrogens with zero attached hydrogens (tertiary/aromatic N) is 3. The summed E-state index contributed by atoms with van der Waals surface area (Å²) in [5, 5.41) is 14.5. The molecule has 2 aromatic heterocycles. The average molecular weight is 342 g/mol. The van der Waals surface area contributed by atoms with Crippen LogP contribution in [-0.2, 0) is 0 Å². The second-order valence-corrected chi connectivity index (χ2v) is 5.46. The van der Waals surface area contributed by atoms with Gasteiger partial charge in [-0.05, 0) is 34.5 Å². The summed E-state index contributed by atoms with van der Waals surface area (Å²) in [7, 11) is 0. The number of amides is 1. The molecular weight excluding hydrogens is 330 g/mol. The zero-order valence-corrected chi connectivity index (χ0v) is 12.6. The molecule has 6 nitrogen and oxygen atoms in total. The normalized spacial score (nSPS) is 10.2. The summed E-state index contributed by atoms with van der Waals surface area (Å²) < 4.78 is 0.720. The summed E-state index contributed by atoms with van der Waals surface area (Å²) in [6.07, 6.45) is 2.59. The first-order chi connectivity index (χ1) is 9.20. The van der Waals surface area contributed by atoms with Crippen molar-refractivity contribution in [1.82, 2.24) is 15.2 Å². The van der Waals surface area contributed by atoms with Crippen LogP contribution in [0.1, 0.15) is 23.1 Å². The molecule has 8 heteroatoms. The topological polar surface area (TPSA) is 79.8 Å². The highest BCUT2D eigenvalue weighted by molar-refractivity contribution is 9.10. The highest BCUT2D eigenvalue weighted by atomic mass is 79.9. The lowest BCUT2D eigenvalue weighted by Crippen LogP contribution is -2.13. The van der Waals surface area contributed by atoms with Gasteiger partial charge in [0.25, 0.3) is 5.91 Å². The highest BCUT2D eigenvalue weighted by Gasteiger charge is 2.14. The van der Waals surface area contributed by atoms with Crippen LogP contribution in [-0.4, -0.2) is 27.6 Å². The minimum atomic E-state index is -0.318. The van der Waals surface area contributed by atoms with E-state index >= 15 is 0 Å². The van der Waals surface area contributed by atoms with Gasteiger partial charge in [-0.25, -0.2) is 4.98 Å². The highest BCUT2D eigenvalue weighted by Crippen LogP contribution is 2.21. The maximum Gasteiger partial charge on any atom is 0.287 e. The smallest absolute Gasteiger partial charge is 0.287 e. The zero-order valence-electron chi connectivity index (χ0n) is 10.2. The third kappa shape index (κ3) is 3.71. The fourth-order valence-corrected chi connectivity index (χ4v) is 2.28. The second kappa shape index (κ2) is 6.58. The molecule has 0 saturated heterocycles. The fraction of sp³-hybridized carbons (Fsp3) is 0.273. The van der Waals surface area contributed by atoms with Gasteiger partial charge in [0.15, 0.2) is 0 Å². The number of carbonyl (C=O) groups excluding carboxylic acids is 1. The third-order valence-electron chi connectivity index (χ3n) is 2.14. The Hall–Kier alpha value is -1.54. The quantitative estimate of drug-likeness (QED) is 0.873. The van der Waals surface area contributed by atoms with Crippen LogP contribution >= 0.6 is 27.3 Å². The van der Waals surface area contributed by atoms with Gasteiger partial charge in [0.05, 0.1) is 4.47 Å². The summed E-state index contributed by atoms with van der Waals surface area (Å²) in [6.45, 7) is 2.86. The Morgan fingerprint density at radius 3 is 3.05 bits per heavy atom. The maximum atomic E-state index is 12.0. The Bertz CT molecular complexity index is 574. The van der Waals surface area contributed by atoms with E-state index in [4.69, 9.17) is 0 Å². The molecule has 0 unspecified atom stereocenters. The molecule has 0 bridgehead atoms. The van der Waals surface area contributed by atoms with Crippen LogP contribution in [0.5, 0.6) is 0 Å². The summed E-state index contributed by atoms with van der Waals surface area (Å²) >= 11 is 4.53. The van der Waals surface area contributed by atoms with Gasteiger partial charge in [0, 0.05) is 12.7 Å². The van der Waals surface area contributed by atoms with Crippen molar-refractivity contribution < 1.29 is 4.79 Å². The molecule has 0 aliphatic rings. The first-order valence-corrected chi connectivity index (χ1v) is 7.31. The van der Waals surface area contributed by atoms with E-state index < -0.39 is 0 Å². The number of rotatable bonds is 5. The molecule has 0 aliphatic heterocycles. The van der Waals surface area contributed by atoms with Gasteiger partial charge in [0.1, 0.15) is 5.82 Å². The first kappa shape index (κ1) is 13.9. The van der Waals surface area contributed by atoms with E-state index in [1.165, 1.54) is 11.3 Å². The van der Waals surface area contributed by atoms with Gasteiger partial charge < -0.3 is 10.6 Å². The molecule has 2 N–H and O–H groups in total. The Balaban J connectivity index is 2.04. The molecule has 1 amide bonds. The van der Waals surface area contributed by atoms with Crippen molar-refractivity contribution in [3.05, 3.63) is 27.8 Å². The van der Waals surface area contributed by atoms with Crippen molar-refractivity contribution in [1.29, 1.82) is 0 Å². The molecule has 0 aromatic carbocycles. The van der Waals surface area contributed by atoms with Crippen molar-refractivity contribution in [2.75, 3.05) is 17.2 Å². The summed E-state index contributed by atoms with van der Waals surface area (Å²) in [5.74, 6) is 0.146. The largest absolute Gasteiger partial charge is 0.360 e. The van der Waals surface area contributed by atoms with E-state index in [1.54, 1.807) is 18.3 Å². The summed E-state index contributed by atoms with van der Waals surface area (Å²) in [4.78, 5) is 16.0. The van der Waals surface area contributed by atoms with Crippen LogP contribution in [0.3, 0.4) is 0 Å². The van der Waals surface area contributed by atoms with Crippen molar-refractivity contribution >= 4 is 44.1 Å². The van der Waals surface area contributed by atoms with Gasteiger partial charge >= 0.3 is 0 Å². The van der Waals surface area contributed by atoms with Gasteiger partial charge in [-0.2, -0.15) is 0 Å². The van der Waals surface area contributed by atoms with E-state index in [2.05, 4.69) is 48.7 Å². The molecule has 0 radical (unpaired) electrons. The van der Waals surface area contributed by atoms with Gasteiger partial charge in [-0.3, -0.25) is 4.79 Å². The Morgan fingerprint density at radius 1 is 1.47 bits per heavy atom. The van der Waals surface area contributed by atoms with Crippen LogP contribution < -0.4 is 10.6 Å². The molecule has 0 aliphatic carbocycles. The van der Waals surface area contributed by atoms with Crippen molar-refractivity contribution in [2.45, 2.75) is 13.3 Å². The molecule has 0 spiro atoms. The lowest BCUT2D eigenvalue weighted by Gasteiger charge is -2.02. The zero-order chi connectivity index (χ0) is 13.7. The number of pyridine rings is 1. The third-order valence-corrected chi connectivity index (χ3v) is 3.66. The average Bonchev–Trinajstić information content (AvgIpc) is 2.88. The fourth-order valence-electron chi connectivity index (χ4n) is 1.26. The number of hydrogen-bond donors (Lipinski definition) is 2. The van der Waals surface area contributed by atoms with E-state index in [0.717, 1.165) is 17.4 Å². The Labute approximate surface area is 122 Å². The van der Waals surface area contributed by atoms with Gasteiger partial charge in [-0.1, -0.05) is 18.3 Å². The SMILES string of the molecule is CCCNc1nnc(C(=O)Nc2ncccc2Br)s1. The lowest BCUT2D eigenvalue weighted by atomic mass is 10.4. The molecular formula is C11H12BrN5OS. The number of aromatic nitrogens is 3.